The van der Waals surface area contributed by atoms with Crippen molar-refractivity contribution < 1.29 is 9.53 Å². The Morgan fingerprint density at radius 2 is 1.95 bits per heavy atom. The lowest BCUT2D eigenvalue weighted by molar-refractivity contribution is -0.0692. The summed E-state index contributed by atoms with van der Waals surface area (Å²) in [6, 6.07) is 13.0. The lowest BCUT2D eigenvalue weighted by atomic mass is 10.1. The standard InChI is InChI=1S/C17H18N2O3/c1-12-10-19(17(21)14-8-5-9-18-16(14)20)11-15(22-12)13-6-3-2-4-7-13/h2-9,12,15H,10-11H2,1H3,(H,18,20)/t12-,15+/m0/s1. The van der Waals surface area contributed by atoms with Gasteiger partial charge in [-0.05, 0) is 24.6 Å². The van der Waals surface area contributed by atoms with Crippen molar-refractivity contribution in [3.05, 3.63) is 70.1 Å². The number of nitrogens with zero attached hydrogens (tertiary/aromatic N) is 1. The van der Waals surface area contributed by atoms with E-state index in [-0.39, 0.29) is 29.2 Å². The molecule has 114 valence electrons. The van der Waals surface area contributed by atoms with Gasteiger partial charge in [0.1, 0.15) is 11.7 Å². The second kappa shape index (κ2) is 6.15. The molecule has 5 nitrogen and oxygen atoms in total. The number of carbonyl (C=O) groups is 1. The van der Waals surface area contributed by atoms with Gasteiger partial charge in [0.25, 0.3) is 11.5 Å². The highest BCUT2D eigenvalue weighted by Gasteiger charge is 2.30. The first-order chi connectivity index (χ1) is 10.6. The number of H-pyrrole nitrogens is 1. The number of aromatic amines is 1. The minimum absolute atomic E-state index is 0.0781. The van der Waals surface area contributed by atoms with Gasteiger partial charge in [-0.1, -0.05) is 30.3 Å². The third-order valence-electron chi connectivity index (χ3n) is 3.77. The predicted molar refractivity (Wildman–Crippen MR) is 82.7 cm³/mol. The van der Waals surface area contributed by atoms with Gasteiger partial charge in [0.2, 0.25) is 0 Å². The zero-order chi connectivity index (χ0) is 15.5. The lowest BCUT2D eigenvalue weighted by Crippen LogP contribution is -2.47. The first-order valence-electron chi connectivity index (χ1n) is 7.32. The van der Waals surface area contributed by atoms with Crippen LogP contribution in [0.4, 0.5) is 0 Å². The van der Waals surface area contributed by atoms with Crippen molar-refractivity contribution in [2.24, 2.45) is 0 Å². The maximum Gasteiger partial charge on any atom is 0.260 e. The van der Waals surface area contributed by atoms with E-state index in [1.165, 1.54) is 6.20 Å². The molecule has 2 atom stereocenters. The summed E-state index contributed by atoms with van der Waals surface area (Å²) in [5, 5.41) is 0. The van der Waals surface area contributed by atoms with Crippen molar-refractivity contribution in [2.45, 2.75) is 19.1 Å². The van der Waals surface area contributed by atoms with E-state index >= 15 is 0 Å². The molecule has 1 aliphatic heterocycles. The van der Waals surface area contributed by atoms with Crippen LogP contribution in [0.1, 0.15) is 28.9 Å². The minimum atomic E-state index is -0.358. The van der Waals surface area contributed by atoms with Gasteiger partial charge in [-0.2, -0.15) is 0 Å². The molecular formula is C17H18N2O3. The van der Waals surface area contributed by atoms with E-state index < -0.39 is 0 Å². The van der Waals surface area contributed by atoms with E-state index in [9.17, 15) is 9.59 Å². The van der Waals surface area contributed by atoms with E-state index in [1.807, 2.05) is 37.3 Å². The minimum Gasteiger partial charge on any atom is -0.367 e. The molecule has 0 unspecified atom stereocenters. The van der Waals surface area contributed by atoms with Gasteiger partial charge in [-0.15, -0.1) is 0 Å². The molecule has 1 aromatic carbocycles. The fraction of sp³-hybridized carbons (Fsp3) is 0.294. The zero-order valence-corrected chi connectivity index (χ0v) is 12.4. The molecule has 0 spiro atoms. The van der Waals surface area contributed by atoms with Crippen LogP contribution in [0.15, 0.2) is 53.5 Å². The molecule has 1 saturated heterocycles. The second-order valence-corrected chi connectivity index (χ2v) is 5.47. The highest BCUT2D eigenvalue weighted by molar-refractivity contribution is 5.93. The molecule has 0 aliphatic carbocycles. The number of benzene rings is 1. The van der Waals surface area contributed by atoms with Crippen molar-refractivity contribution in [3.8, 4) is 0 Å². The quantitative estimate of drug-likeness (QED) is 0.922. The molecule has 1 fully saturated rings. The Kier molecular flexibility index (Phi) is 4.06. The van der Waals surface area contributed by atoms with Crippen LogP contribution in [-0.2, 0) is 4.74 Å². The average Bonchev–Trinajstić information content (AvgIpc) is 2.55. The average molecular weight is 298 g/mol. The lowest BCUT2D eigenvalue weighted by Gasteiger charge is -2.37. The molecule has 3 rings (SSSR count). The van der Waals surface area contributed by atoms with E-state index in [2.05, 4.69) is 4.98 Å². The van der Waals surface area contributed by atoms with Crippen LogP contribution in [0, 0.1) is 0 Å². The Bertz CT molecular complexity index is 711. The zero-order valence-electron chi connectivity index (χ0n) is 12.4. The monoisotopic (exact) mass is 298 g/mol. The van der Waals surface area contributed by atoms with Crippen LogP contribution in [0.25, 0.3) is 0 Å². The van der Waals surface area contributed by atoms with Crippen molar-refractivity contribution in [3.63, 3.8) is 0 Å². The Hall–Kier alpha value is -2.40. The fourth-order valence-electron chi connectivity index (χ4n) is 2.73. The van der Waals surface area contributed by atoms with E-state index in [0.717, 1.165) is 5.56 Å². The number of rotatable bonds is 2. The highest BCUT2D eigenvalue weighted by Crippen LogP contribution is 2.25. The second-order valence-electron chi connectivity index (χ2n) is 5.47. The molecule has 1 aliphatic rings. The molecule has 0 radical (unpaired) electrons. The summed E-state index contributed by atoms with van der Waals surface area (Å²) in [5.74, 6) is -0.252. The summed E-state index contributed by atoms with van der Waals surface area (Å²) in [6.45, 7) is 2.86. The third-order valence-corrected chi connectivity index (χ3v) is 3.77. The van der Waals surface area contributed by atoms with Gasteiger partial charge in [0.15, 0.2) is 0 Å². The summed E-state index contributed by atoms with van der Waals surface area (Å²) in [4.78, 5) is 28.6. The number of morpholine rings is 1. The van der Waals surface area contributed by atoms with Gasteiger partial charge in [0.05, 0.1) is 12.6 Å². The number of aromatic nitrogens is 1. The highest BCUT2D eigenvalue weighted by atomic mass is 16.5. The Labute approximate surface area is 128 Å². The van der Waals surface area contributed by atoms with Crippen molar-refractivity contribution in [2.75, 3.05) is 13.1 Å². The first kappa shape index (κ1) is 14.5. The Morgan fingerprint density at radius 1 is 1.18 bits per heavy atom. The largest absolute Gasteiger partial charge is 0.367 e. The summed E-state index contributed by atoms with van der Waals surface area (Å²) >= 11 is 0. The number of carbonyl (C=O) groups excluding carboxylic acids is 1. The first-order valence-corrected chi connectivity index (χ1v) is 7.32. The van der Waals surface area contributed by atoms with E-state index in [1.54, 1.807) is 17.0 Å². The van der Waals surface area contributed by atoms with Crippen LogP contribution in [0.2, 0.25) is 0 Å². The smallest absolute Gasteiger partial charge is 0.260 e. The topological polar surface area (TPSA) is 62.4 Å². The number of hydrogen-bond acceptors (Lipinski definition) is 3. The summed E-state index contributed by atoms with van der Waals surface area (Å²) in [7, 11) is 0. The number of amides is 1. The molecule has 1 N–H and O–H groups in total. The molecule has 0 saturated carbocycles. The maximum absolute atomic E-state index is 12.6. The van der Waals surface area contributed by atoms with Crippen LogP contribution >= 0.6 is 0 Å². The van der Waals surface area contributed by atoms with Gasteiger partial charge >= 0.3 is 0 Å². The van der Waals surface area contributed by atoms with Gasteiger partial charge in [0, 0.05) is 12.7 Å². The van der Waals surface area contributed by atoms with Crippen LogP contribution in [-0.4, -0.2) is 35.0 Å². The number of pyridine rings is 1. The normalized spacial score (nSPS) is 21.6. The van der Waals surface area contributed by atoms with Crippen LogP contribution in [0.5, 0.6) is 0 Å². The summed E-state index contributed by atoms with van der Waals surface area (Å²) < 4.78 is 5.94. The number of ether oxygens (including phenoxy) is 1. The van der Waals surface area contributed by atoms with Gasteiger partial charge < -0.3 is 14.6 Å². The molecule has 5 heteroatoms. The van der Waals surface area contributed by atoms with Crippen molar-refractivity contribution in [1.29, 1.82) is 0 Å². The fourth-order valence-corrected chi connectivity index (χ4v) is 2.73. The predicted octanol–water partition coefficient (Wildman–Crippen LogP) is 1.98. The summed E-state index contributed by atoms with van der Waals surface area (Å²) in [6.07, 6.45) is 1.27. The molecule has 22 heavy (non-hydrogen) atoms. The van der Waals surface area contributed by atoms with E-state index in [0.29, 0.717) is 13.1 Å². The summed E-state index contributed by atoms with van der Waals surface area (Å²) in [5.41, 5.74) is 0.847. The van der Waals surface area contributed by atoms with Crippen LogP contribution < -0.4 is 5.56 Å². The van der Waals surface area contributed by atoms with Crippen molar-refractivity contribution in [1.82, 2.24) is 9.88 Å². The van der Waals surface area contributed by atoms with Crippen molar-refractivity contribution >= 4 is 5.91 Å². The Balaban J connectivity index is 1.84. The third kappa shape index (κ3) is 2.94. The van der Waals surface area contributed by atoms with E-state index in [4.69, 9.17) is 4.74 Å². The maximum atomic E-state index is 12.6. The Morgan fingerprint density at radius 3 is 2.68 bits per heavy atom. The number of hydrogen-bond donors (Lipinski definition) is 1. The molecule has 2 heterocycles. The molecule has 1 amide bonds. The molecule has 1 aromatic heterocycles. The van der Waals surface area contributed by atoms with Gasteiger partial charge in [-0.3, -0.25) is 9.59 Å². The van der Waals surface area contributed by atoms with Gasteiger partial charge in [-0.25, -0.2) is 0 Å². The molecular weight excluding hydrogens is 280 g/mol. The number of nitrogens with one attached hydrogen (secondary N) is 1. The SMILES string of the molecule is C[C@H]1CN(C(=O)c2ccc[nH]c2=O)C[C@H](c2ccccc2)O1. The van der Waals surface area contributed by atoms with Crippen LogP contribution in [0.3, 0.4) is 0 Å². The molecule has 2 aromatic rings. The molecule has 0 bridgehead atoms.